The van der Waals surface area contributed by atoms with E-state index in [0.29, 0.717) is 25.0 Å². The van der Waals surface area contributed by atoms with Crippen LogP contribution < -0.4 is 5.32 Å². The lowest BCUT2D eigenvalue weighted by Gasteiger charge is -2.28. The topological polar surface area (TPSA) is 69.6 Å². The van der Waals surface area contributed by atoms with Crippen molar-refractivity contribution in [2.75, 3.05) is 6.54 Å². The Morgan fingerprint density at radius 2 is 2.11 bits per heavy atom. The third-order valence-electron chi connectivity index (χ3n) is 3.94. The van der Waals surface area contributed by atoms with Gasteiger partial charge in [-0.2, -0.15) is 0 Å². The van der Waals surface area contributed by atoms with Gasteiger partial charge in [-0.15, -0.1) is 0 Å². The summed E-state index contributed by atoms with van der Waals surface area (Å²) in [4.78, 5) is 24.6. The summed E-state index contributed by atoms with van der Waals surface area (Å²) < 4.78 is 0. The lowest BCUT2D eigenvalue weighted by atomic mass is 10.1. The zero-order chi connectivity index (χ0) is 14.4. The molecular weight excluding hydrogens is 244 g/mol. The van der Waals surface area contributed by atoms with Gasteiger partial charge in [0.1, 0.15) is 0 Å². The Bertz CT molecular complexity index is 320. The van der Waals surface area contributed by atoms with Gasteiger partial charge in [-0.25, -0.2) is 4.79 Å². The molecule has 0 aromatic rings. The highest BCUT2D eigenvalue weighted by Gasteiger charge is 2.32. The van der Waals surface area contributed by atoms with Crippen LogP contribution in [0.5, 0.6) is 0 Å². The second kappa shape index (κ2) is 7.36. The molecule has 3 atom stereocenters. The largest absolute Gasteiger partial charge is 0.481 e. The van der Waals surface area contributed by atoms with E-state index in [2.05, 4.69) is 19.2 Å². The first-order chi connectivity index (χ1) is 8.95. The number of nitrogens with zero attached hydrogens (tertiary/aromatic N) is 1. The molecule has 19 heavy (non-hydrogen) atoms. The Kier molecular flexibility index (Phi) is 6.12. The van der Waals surface area contributed by atoms with E-state index in [4.69, 9.17) is 5.11 Å². The number of carbonyl (C=O) groups excluding carboxylic acids is 1. The Morgan fingerprint density at radius 3 is 2.68 bits per heavy atom. The van der Waals surface area contributed by atoms with E-state index < -0.39 is 5.97 Å². The van der Waals surface area contributed by atoms with Crippen LogP contribution in [0.1, 0.15) is 52.9 Å². The molecule has 1 saturated heterocycles. The number of aliphatic carboxylic acids is 1. The molecule has 1 aliphatic rings. The van der Waals surface area contributed by atoms with E-state index in [1.165, 1.54) is 0 Å². The van der Waals surface area contributed by atoms with Gasteiger partial charge in [0.15, 0.2) is 0 Å². The van der Waals surface area contributed by atoms with Crippen molar-refractivity contribution in [2.24, 2.45) is 5.92 Å². The van der Waals surface area contributed by atoms with Crippen LogP contribution in [0.15, 0.2) is 0 Å². The first kappa shape index (κ1) is 15.8. The molecule has 1 rings (SSSR count). The molecule has 1 aliphatic heterocycles. The van der Waals surface area contributed by atoms with Crippen LogP contribution >= 0.6 is 0 Å². The predicted molar refractivity (Wildman–Crippen MR) is 74.0 cm³/mol. The zero-order valence-corrected chi connectivity index (χ0v) is 12.2. The number of amides is 2. The van der Waals surface area contributed by atoms with Crippen molar-refractivity contribution < 1.29 is 14.7 Å². The first-order valence-electron chi connectivity index (χ1n) is 7.23. The molecule has 2 amide bonds. The molecule has 110 valence electrons. The van der Waals surface area contributed by atoms with Crippen molar-refractivity contribution in [3.05, 3.63) is 0 Å². The number of carbonyl (C=O) groups is 2. The monoisotopic (exact) mass is 270 g/mol. The summed E-state index contributed by atoms with van der Waals surface area (Å²) in [5.74, 6) is -0.588. The number of rotatable bonds is 6. The van der Waals surface area contributed by atoms with Crippen LogP contribution in [0, 0.1) is 5.92 Å². The number of nitrogens with one attached hydrogen (secondary N) is 1. The minimum atomic E-state index is -0.780. The van der Waals surface area contributed by atoms with Crippen LogP contribution in [0.4, 0.5) is 4.79 Å². The molecule has 0 aromatic heterocycles. The number of carboxylic acid groups (broad SMARTS) is 1. The normalized spacial score (nSPS) is 24.3. The molecule has 0 aliphatic carbocycles. The van der Waals surface area contributed by atoms with E-state index >= 15 is 0 Å². The molecule has 0 radical (unpaired) electrons. The van der Waals surface area contributed by atoms with Gasteiger partial charge in [0.2, 0.25) is 0 Å². The summed E-state index contributed by atoms with van der Waals surface area (Å²) in [5, 5.41) is 11.6. The van der Waals surface area contributed by atoms with Crippen LogP contribution in [-0.4, -0.2) is 40.6 Å². The summed E-state index contributed by atoms with van der Waals surface area (Å²) in [6.07, 6.45) is 3.91. The maximum Gasteiger partial charge on any atom is 0.317 e. The van der Waals surface area contributed by atoms with Crippen LogP contribution in [0.3, 0.4) is 0 Å². The molecule has 0 aromatic carbocycles. The van der Waals surface area contributed by atoms with Crippen molar-refractivity contribution in [3.63, 3.8) is 0 Å². The fourth-order valence-electron chi connectivity index (χ4n) is 2.66. The van der Waals surface area contributed by atoms with Crippen molar-refractivity contribution >= 4 is 12.0 Å². The van der Waals surface area contributed by atoms with Gasteiger partial charge in [0, 0.05) is 25.0 Å². The highest BCUT2D eigenvalue weighted by molar-refractivity contribution is 5.75. The summed E-state index contributed by atoms with van der Waals surface area (Å²) in [7, 11) is 0. The summed E-state index contributed by atoms with van der Waals surface area (Å²) in [6, 6.07) is 0.655. The van der Waals surface area contributed by atoms with Crippen molar-refractivity contribution in [1.82, 2.24) is 10.2 Å². The lowest BCUT2D eigenvalue weighted by molar-refractivity contribution is -0.137. The maximum atomic E-state index is 12.2. The number of hydrogen-bond acceptors (Lipinski definition) is 2. The third-order valence-corrected chi connectivity index (χ3v) is 3.94. The van der Waals surface area contributed by atoms with Gasteiger partial charge < -0.3 is 15.3 Å². The lowest BCUT2D eigenvalue weighted by Crippen LogP contribution is -2.47. The van der Waals surface area contributed by atoms with Gasteiger partial charge >= 0.3 is 12.0 Å². The van der Waals surface area contributed by atoms with Crippen molar-refractivity contribution in [3.8, 4) is 0 Å². The molecule has 0 bridgehead atoms. The van der Waals surface area contributed by atoms with E-state index in [1.54, 1.807) is 0 Å². The van der Waals surface area contributed by atoms with Crippen LogP contribution in [0.2, 0.25) is 0 Å². The van der Waals surface area contributed by atoms with Crippen LogP contribution in [0.25, 0.3) is 0 Å². The Labute approximate surface area is 115 Å². The second-order valence-corrected chi connectivity index (χ2v) is 5.62. The predicted octanol–water partition coefficient (Wildman–Crippen LogP) is 2.46. The smallest absolute Gasteiger partial charge is 0.317 e. The fourth-order valence-corrected chi connectivity index (χ4v) is 2.66. The minimum Gasteiger partial charge on any atom is -0.481 e. The molecule has 2 N–H and O–H groups in total. The highest BCUT2D eigenvalue weighted by atomic mass is 16.4. The highest BCUT2D eigenvalue weighted by Crippen LogP contribution is 2.25. The molecular formula is C14H26N2O3. The number of carboxylic acids is 1. The van der Waals surface area contributed by atoms with Gasteiger partial charge in [-0.05, 0) is 38.5 Å². The number of hydrogen-bond donors (Lipinski definition) is 2. The minimum absolute atomic E-state index is 0.000903. The Balaban J connectivity index is 2.35. The average Bonchev–Trinajstić information content (AvgIpc) is 2.74. The SMILES string of the molecule is CCC1CCC(C)N1C(=O)NCC(C)CCC(=O)O. The van der Waals surface area contributed by atoms with Gasteiger partial charge in [-0.3, -0.25) is 4.79 Å². The summed E-state index contributed by atoms with van der Waals surface area (Å²) in [5.41, 5.74) is 0. The summed E-state index contributed by atoms with van der Waals surface area (Å²) >= 11 is 0. The molecule has 1 heterocycles. The van der Waals surface area contributed by atoms with E-state index in [1.807, 2.05) is 11.8 Å². The molecule has 1 fully saturated rings. The standard InChI is InChI=1S/C14H26N2O3/c1-4-12-7-6-11(3)16(12)14(19)15-9-10(2)5-8-13(17)18/h10-12H,4-9H2,1-3H3,(H,15,19)(H,17,18). The fraction of sp³-hybridized carbons (Fsp3) is 0.857. The molecule has 0 spiro atoms. The van der Waals surface area contributed by atoms with Gasteiger partial charge in [0.25, 0.3) is 0 Å². The van der Waals surface area contributed by atoms with Crippen molar-refractivity contribution in [2.45, 2.75) is 65.0 Å². The first-order valence-corrected chi connectivity index (χ1v) is 7.23. The summed E-state index contributed by atoms with van der Waals surface area (Å²) in [6.45, 7) is 6.71. The maximum absolute atomic E-state index is 12.2. The molecule has 5 nitrogen and oxygen atoms in total. The second-order valence-electron chi connectivity index (χ2n) is 5.62. The van der Waals surface area contributed by atoms with E-state index in [-0.39, 0.29) is 18.4 Å². The zero-order valence-electron chi connectivity index (χ0n) is 12.2. The van der Waals surface area contributed by atoms with E-state index in [0.717, 1.165) is 19.3 Å². The average molecular weight is 270 g/mol. The van der Waals surface area contributed by atoms with Crippen LogP contribution in [-0.2, 0) is 4.79 Å². The Hall–Kier alpha value is -1.26. The van der Waals surface area contributed by atoms with Gasteiger partial charge in [0.05, 0.1) is 0 Å². The molecule has 3 unspecified atom stereocenters. The molecule has 5 heteroatoms. The quantitative estimate of drug-likeness (QED) is 0.779. The van der Waals surface area contributed by atoms with E-state index in [9.17, 15) is 9.59 Å². The number of urea groups is 1. The molecule has 0 saturated carbocycles. The number of likely N-dealkylation sites (tertiary alicyclic amines) is 1. The van der Waals surface area contributed by atoms with Gasteiger partial charge in [-0.1, -0.05) is 13.8 Å². The third kappa shape index (κ3) is 4.73. The Morgan fingerprint density at radius 1 is 1.42 bits per heavy atom. The van der Waals surface area contributed by atoms with Crippen molar-refractivity contribution in [1.29, 1.82) is 0 Å².